The van der Waals surface area contributed by atoms with E-state index < -0.39 is 0 Å². The first-order valence-electron chi connectivity index (χ1n) is 7.25. The van der Waals surface area contributed by atoms with Crippen LogP contribution in [0.25, 0.3) is 0 Å². The molecule has 1 heterocycles. The van der Waals surface area contributed by atoms with E-state index in [4.69, 9.17) is 0 Å². The topological polar surface area (TPSA) is 70.2 Å². The van der Waals surface area contributed by atoms with Crippen LogP contribution in [0.4, 0.5) is 11.6 Å². The lowest BCUT2D eigenvalue weighted by Gasteiger charge is -2.11. The Hall–Kier alpha value is -1.99. The molecular formula is C16H20BrN5O. The van der Waals surface area contributed by atoms with Crippen molar-refractivity contribution in [2.75, 3.05) is 32.5 Å². The van der Waals surface area contributed by atoms with Crippen molar-refractivity contribution in [3.8, 4) is 0 Å². The predicted octanol–water partition coefficient (Wildman–Crippen LogP) is 2.58. The lowest BCUT2D eigenvalue weighted by Crippen LogP contribution is -2.31. The molecule has 0 bridgehead atoms. The Morgan fingerprint density at radius 3 is 2.78 bits per heavy atom. The fourth-order valence-corrected chi connectivity index (χ4v) is 2.39. The van der Waals surface area contributed by atoms with E-state index in [1.807, 2.05) is 44.1 Å². The van der Waals surface area contributed by atoms with Crippen LogP contribution in [0, 0.1) is 6.92 Å². The van der Waals surface area contributed by atoms with Crippen LogP contribution in [0.1, 0.15) is 16.1 Å². The van der Waals surface area contributed by atoms with Crippen molar-refractivity contribution < 1.29 is 4.79 Å². The Morgan fingerprint density at radius 2 is 2.09 bits per heavy atom. The Labute approximate surface area is 144 Å². The van der Waals surface area contributed by atoms with E-state index in [-0.39, 0.29) is 5.91 Å². The van der Waals surface area contributed by atoms with Gasteiger partial charge in [-0.05, 0) is 50.8 Å². The second kappa shape index (κ2) is 8.03. The molecule has 0 saturated heterocycles. The minimum Gasteiger partial charge on any atom is -0.349 e. The van der Waals surface area contributed by atoms with Crippen LogP contribution in [0.15, 0.2) is 34.9 Å². The summed E-state index contributed by atoms with van der Waals surface area (Å²) in [5, 5.41) is 5.97. The van der Waals surface area contributed by atoms with Crippen molar-refractivity contribution in [1.82, 2.24) is 20.2 Å². The van der Waals surface area contributed by atoms with Crippen LogP contribution in [0.5, 0.6) is 0 Å². The molecule has 2 rings (SSSR count). The summed E-state index contributed by atoms with van der Waals surface area (Å²) in [6.07, 6.45) is 1.57. The van der Waals surface area contributed by atoms with Gasteiger partial charge < -0.3 is 15.5 Å². The molecule has 0 fully saturated rings. The number of carbonyl (C=O) groups excluding carboxylic acids is 1. The summed E-state index contributed by atoms with van der Waals surface area (Å²) >= 11 is 3.43. The summed E-state index contributed by atoms with van der Waals surface area (Å²) in [5.41, 5.74) is 2.30. The van der Waals surface area contributed by atoms with Gasteiger partial charge in [-0.2, -0.15) is 0 Å². The van der Waals surface area contributed by atoms with Gasteiger partial charge in [0, 0.05) is 29.4 Å². The maximum Gasteiger partial charge on any atom is 0.270 e. The molecular weight excluding hydrogens is 358 g/mol. The van der Waals surface area contributed by atoms with Gasteiger partial charge in [0.05, 0.1) is 0 Å². The Morgan fingerprint density at radius 1 is 1.30 bits per heavy atom. The molecule has 0 aliphatic heterocycles. The summed E-state index contributed by atoms with van der Waals surface area (Å²) in [6.45, 7) is 3.34. The van der Waals surface area contributed by atoms with Gasteiger partial charge in [0.1, 0.15) is 5.69 Å². The summed E-state index contributed by atoms with van der Waals surface area (Å²) < 4.78 is 1.01. The van der Waals surface area contributed by atoms with Gasteiger partial charge in [0.2, 0.25) is 5.95 Å². The number of likely N-dealkylation sites (N-methyl/N-ethyl adjacent to an activating group) is 1. The van der Waals surface area contributed by atoms with Gasteiger partial charge in [-0.1, -0.05) is 15.9 Å². The molecule has 0 unspecified atom stereocenters. The number of anilines is 2. The molecule has 1 amide bonds. The highest BCUT2D eigenvalue weighted by atomic mass is 79.9. The van der Waals surface area contributed by atoms with Crippen molar-refractivity contribution in [3.05, 3.63) is 46.2 Å². The van der Waals surface area contributed by atoms with Crippen molar-refractivity contribution in [2.45, 2.75) is 6.92 Å². The summed E-state index contributed by atoms with van der Waals surface area (Å²) in [7, 11) is 3.92. The van der Waals surface area contributed by atoms with Crippen LogP contribution < -0.4 is 10.6 Å². The zero-order valence-corrected chi connectivity index (χ0v) is 15.0. The van der Waals surface area contributed by atoms with E-state index in [0.29, 0.717) is 18.2 Å². The number of halogens is 1. The van der Waals surface area contributed by atoms with Gasteiger partial charge in [-0.3, -0.25) is 4.79 Å². The second-order valence-corrected chi connectivity index (χ2v) is 6.32. The van der Waals surface area contributed by atoms with E-state index in [1.54, 1.807) is 12.3 Å². The summed E-state index contributed by atoms with van der Waals surface area (Å²) in [6, 6.07) is 7.48. The lowest BCUT2D eigenvalue weighted by molar-refractivity contribution is 0.0946. The molecule has 1 aromatic heterocycles. The molecule has 2 aromatic rings. The maximum absolute atomic E-state index is 12.1. The van der Waals surface area contributed by atoms with Crippen LogP contribution in [0.3, 0.4) is 0 Å². The molecule has 0 radical (unpaired) electrons. The number of benzene rings is 1. The molecule has 0 aliphatic rings. The number of rotatable bonds is 6. The molecule has 2 N–H and O–H groups in total. The van der Waals surface area contributed by atoms with Crippen LogP contribution >= 0.6 is 15.9 Å². The van der Waals surface area contributed by atoms with Gasteiger partial charge in [-0.25, -0.2) is 9.97 Å². The number of carbonyl (C=O) groups is 1. The molecule has 6 nitrogen and oxygen atoms in total. The third-order valence-electron chi connectivity index (χ3n) is 3.17. The molecule has 1 aromatic carbocycles. The third kappa shape index (κ3) is 5.30. The first kappa shape index (κ1) is 17.4. The molecule has 7 heteroatoms. The van der Waals surface area contributed by atoms with Crippen molar-refractivity contribution in [2.24, 2.45) is 0 Å². The van der Waals surface area contributed by atoms with E-state index in [1.165, 1.54) is 0 Å². The highest BCUT2D eigenvalue weighted by Crippen LogP contribution is 2.22. The van der Waals surface area contributed by atoms with E-state index in [0.717, 1.165) is 22.3 Å². The standard InChI is InChI=1S/C16H20BrN5O/c1-11-10-12(17)4-5-13(11)20-16-19-7-6-14(21-16)15(23)18-8-9-22(2)3/h4-7,10H,8-9H2,1-3H3,(H,18,23)(H,19,20,21). The number of hydrogen-bond acceptors (Lipinski definition) is 5. The SMILES string of the molecule is Cc1cc(Br)ccc1Nc1nccc(C(=O)NCCN(C)C)n1. The van der Waals surface area contributed by atoms with E-state index >= 15 is 0 Å². The molecule has 0 atom stereocenters. The molecule has 0 aliphatic carbocycles. The van der Waals surface area contributed by atoms with Gasteiger partial charge in [0.25, 0.3) is 5.91 Å². The lowest BCUT2D eigenvalue weighted by atomic mass is 10.2. The zero-order valence-electron chi connectivity index (χ0n) is 13.4. The Kier molecular flexibility index (Phi) is 6.06. The number of amides is 1. The molecule has 0 spiro atoms. The van der Waals surface area contributed by atoms with Crippen LogP contribution in [-0.4, -0.2) is 48.0 Å². The van der Waals surface area contributed by atoms with Crippen molar-refractivity contribution >= 4 is 33.5 Å². The molecule has 122 valence electrons. The quantitative estimate of drug-likeness (QED) is 0.809. The second-order valence-electron chi connectivity index (χ2n) is 5.41. The molecule has 0 saturated carbocycles. The fourth-order valence-electron chi connectivity index (χ4n) is 1.92. The number of nitrogens with zero attached hydrogens (tertiary/aromatic N) is 3. The number of aromatic nitrogens is 2. The normalized spacial score (nSPS) is 10.7. The Bertz CT molecular complexity index is 690. The maximum atomic E-state index is 12.1. The highest BCUT2D eigenvalue weighted by Gasteiger charge is 2.09. The van der Waals surface area contributed by atoms with Gasteiger partial charge >= 0.3 is 0 Å². The number of hydrogen-bond donors (Lipinski definition) is 2. The minimum atomic E-state index is -0.204. The Balaban J connectivity index is 2.06. The predicted molar refractivity (Wildman–Crippen MR) is 95.1 cm³/mol. The number of aryl methyl sites for hydroxylation is 1. The van der Waals surface area contributed by atoms with Crippen LogP contribution in [0.2, 0.25) is 0 Å². The summed E-state index contributed by atoms with van der Waals surface area (Å²) in [5.74, 6) is 0.195. The van der Waals surface area contributed by atoms with Gasteiger partial charge in [-0.15, -0.1) is 0 Å². The number of nitrogens with one attached hydrogen (secondary N) is 2. The minimum absolute atomic E-state index is 0.204. The highest BCUT2D eigenvalue weighted by molar-refractivity contribution is 9.10. The molecule has 23 heavy (non-hydrogen) atoms. The summed E-state index contributed by atoms with van der Waals surface area (Å²) in [4.78, 5) is 22.5. The smallest absolute Gasteiger partial charge is 0.270 e. The monoisotopic (exact) mass is 377 g/mol. The third-order valence-corrected chi connectivity index (χ3v) is 3.66. The van der Waals surface area contributed by atoms with E-state index in [2.05, 4.69) is 36.5 Å². The van der Waals surface area contributed by atoms with Crippen molar-refractivity contribution in [3.63, 3.8) is 0 Å². The average Bonchev–Trinajstić information content (AvgIpc) is 2.50. The first-order chi connectivity index (χ1) is 11.0. The van der Waals surface area contributed by atoms with Gasteiger partial charge in [0.15, 0.2) is 0 Å². The van der Waals surface area contributed by atoms with Crippen molar-refractivity contribution in [1.29, 1.82) is 0 Å². The van der Waals surface area contributed by atoms with Crippen LogP contribution in [-0.2, 0) is 0 Å². The average molecular weight is 378 g/mol. The largest absolute Gasteiger partial charge is 0.349 e. The zero-order chi connectivity index (χ0) is 16.8. The van der Waals surface area contributed by atoms with E-state index in [9.17, 15) is 4.79 Å². The first-order valence-corrected chi connectivity index (χ1v) is 8.04. The fraction of sp³-hybridized carbons (Fsp3) is 0.312.